The number of rotatable bonds is 3. The van der Waals surface area contributed by atoms with Gasteiger partial charge in [0.15, 0.2) is 5.69 Å². The van der Waals surface area contributed by atoms with Gasteiger partial charge in [-0.1, -0.05) is 26.0 Å². The summed E-state index contributed by atoms with van der Waals surface area (Å²) in [5.41, 5.74) is 0.833. The van der Waals surface area contributed by atoms with Crippen molar-refractivity contribution in [2.24, 2.45) is 11.3 Å². The maximum Gasteiger partial charge on any atom is 0.273 e. The largest absolute Gasteiger partial charge is 0.348 e. The van der Waals surface area contributed by atoms with E-state index in [2.05, 4.69) is 41.7 Å². The smallest absolute Gasteiger partial charge is 0.273 e. The lowest BCUT2D eigenvalue weighted by Gasteiger charge is -2.39. The van der Waals surface area contributed by atoms with Crippen LogP contribution < -0.4 is 10.6 Å². The summed E-state index contributed by atoms with van der Waals surface area (Å²) in [6, 6.07) is 0.610. The van der Waals surface area contributed by atoms with Crippen LogP contribution in [0, 0.1) is 11.3 Å². The number of amides is 1. The van der Waals surface area contributed by atoms with Gasteiger partial charge in [0, 0.05) is 6.04 Å². The van der Waals surface area contributed by atoms with E-state index in [1.807, 2.05) is 10.9 Å². The topological polar surface area (TPSA) is 71.8 Å². The minimum Gasteiger partial charge on any atom is -0.348 e. The second-order valence-electron chi connectivity index (χ2n) is 8.03. The summed E-state index contributed by atoms with van der Waals surface area (Å²) in [5, 5.41) is 14.8. The molecule has 24 heavy (non-hydrogen) atoms. The molecular formula is C17H30ClN5O. The van der Waals surface area contributed by atoms with Crippen LogP contribution in [0.3, 0.4) is 0 Å². The van der Waals surface area contributed by atoms with Crippen LogP contribution in [0.25, 0.3) is 0 Å². The first-order valence-corrected chi connectivity index (χ1v) is 8.88. The van der Waals surface area contributed by atoms with E-state index < -0.39 is 0 Å². The predicted octanol–water partition coefficient (Wildman–Crippen LogP) is 2.57. The van der Waals surface area contributed by atoms with Crippen LogP contribution in [0.5, 0.6) is 0 Å². The third-order valence-electron chi connectivity index (χ3n) is 5.44. The molecule has 136 valence electrons. The highest BCUT2D eigenvalue weighted by Crippen LogP contribution is 2.38. The Balaban J connectivity index is 0.00000208. The summed E-state index contributed by atoms with van der Waals surface area (Å²) >= 11 is 0. The monoisotopic (exact) mass is 355 g/mol. The first-order valence-electron chi connectivity index (χ1n) is 8.88. The molecule has 3 rings (SSSR count). The third-order valence-corrected chi connectivity index (χ3v) is 5.44. The van der Waals surface area contributed by atoms with Crippen molar-refractivity contribution >= 4 is 18.3 Å². The van der Waals surface area contributed by atoms with E-state index in [-0.39, 0.29) is 24.4 Å². The number of halogens is 1. The second-order valence-corrected chi connectivity index (χ2v) is 8.03. The van der Waals surface area contributed by atoms with Gasteiger partial charge in [0.1, 0.15) is 0 Å². The van der Waals surface area contributed by atoms with Gasteiger partial charge in [-0.25, -0.2) is 4.68 Å². The molecule has 1 amide bonds. The molecule has 2 N–H and O–H groups in total. The number of hydrogen-bond donors (Lipinski definition) is 2. The van der Waals surface area contributed by atoms with Crippen LogP contribution in [-0.2, 0) is 0 Å². The zero-order valence-electron chi connectivity index (χ0n) is 14.9. The highest BCUT2D eigenvalue weighted by molar-refractivity contribution is 5.92. The van der Waals surface area contributed by atoms with Crippen molar-refractivity contribution in [3.05, 3.63) is 11.9 Å². The zero-order chi connectivity index (χ0) is 16.4. The lowest BCUT2D eigenvalue weighted by molar-refractivity contribution is 0.0856. The Kier molecular flexibility index (Phi) is 6.26. The Bertz CT molecular complexity index is 553. The number of carbonyl (C=O) groups excluding carboxylic acids is 1. The Morgan fingerprint density at radius 1 is 1.33 bits per heavy atom. The Morgan fingerprint density at radius 3 is 2.71 bits per heavy atom. The summed E-state index contributed by atoms with van der Waals surface area (Å²) < 4.78 is 1.86. The highest BCUT2D eigenvalue weighted by atomic mass is 35.5. The second kappa shape index (κ2) is 7.83. The molecule has 1 aromatic rings. The van der Waals surface area contributed by atoms with Crippen LogP contribution in [0.4, 0.5) is 0 Å². The fourth-order valence-electron chi connectivity index (χ4n) is 4.03. The number of aromatic nitrogens is 3. The summed E-state index contributed by atoms with van der Waals surface area (Å²) in [6.07, 6.45) is 7.24. The highest BCUT2D eigenvalue weighted by Gasteiger charge is 2.33. The SMILES string of the molecule is CC1CC(C)(C)CCC1NC(=O)c1cn(C2CCNCC2)nn1.Cl. The molecule has 0 spiro atoms. The molecule has 7 heteroatoms. The quantitative estimate of drug-likeness (QED) is 0.874. The molecule has 0 aromatic carbocycles. The third kappa shape index (κ3) is 4.48. The molecule has 1 saturated heterocycles. The fourth-order valence-corrected chi connectivity index (χ4v) is 4.03. The predicted molar refractivity (Wildman–Crippen MR) is 96.5 cm³/mol. The van der Waals surface area contributed by atoms with E-state index in [1.165, 1.54) is 0 Å². The van der Waals surface area contributed by atoms with E-state index in [9.17, 15) is 4.79 Å². The molecule has 2 fully saturated rings. The van der Waals surface area contributed by atoms with Crippen molar-refractivity contribution in [3.63, 3.8) is 0 Å². The Hall–Kier alpha value is -1.14. The van der Waals surface area contributed by atoms with Gasteiger partial charge in [0.05, 0.1) is 12.2 Å². The summed E-state index contributed by atoms with van der Waals surface area (Å²) in [5.74, 6) is 0.420. The standard InChI is InChI=1S/C17H29N5O.ClH/c1-12-10-17(2,3)7-4-14(12)19-16(23)15-11-22(21-20-15)13-5-8-18-9-6-13;/h11-14,18H,4-10H2,1-3H3,(H,19,23);1H. The van der Waals surface area contributed by atoms with E-state index >= 15 is 0 Å². The van der Waals surface area contributed by atoms with Crippen LogP contribution in [0.1, 0.15) is 69.4 Å². The molecule has 1 aliphatic heterocycles. The van der Waals surface area contributed by atoms with Gasteiger partial charge < -0.3 is 10.6 Å². The average molecular weight is 356 g/mol. The average Bonchev–Trinajstić information content (AvgIpc) is 3.00. The van der Waals surface area contributed by atoms with Crippen molar-refractivity contribution in [3.8, 4) is 0 Å². The van der Waals surface area contributed by atoms with Crippen molar-refractivity contribution < 1.29 is 4.79 Å². The van der Waals surface area contributed by atoms with Crippen molar-refractivity contribution in [1.29, 1.82) is 0 Å². The number of hydrogen-bond acceptors (Lipinski definition) is 4. The maximum atomic E-state index is 12.5. The molecular weight excluding hydrogens is 326 g/mol. The van der Waals surface area contributed by atoms with Crippen LogP contribution in [0.15, 0.2) is 6.20 Å². The minimum atomic E-state index is -0.0817. The van der Waals surface area contributed by atoms with Gasteiger partial charge in [0.2, 0.25) is 0 Å². The number of carbonyl (C=O) groups is 1. The lowest BCUT2D eigenvalue weighted by Crippen LogP contribution is -2.44. The first kappa shape index (κ1) is 19.2. The van der Waals surface area contributed by atoms with E-state index in [1.54, 1.807) is 0 Å². The molecule has 2 aliphatic rings. The van der Waals surface area contributed by atoms with Crippen molar-refractivity contribution in [2.75, 3.05) is 13.1 Å². The van der Waals surface area contributed by atoms with Gasteiger partial charge >= 0.3 is 0 Å². The van der Waals surface area contributed by atoms with Gasteiger partial charge in [-0.15, -0.1) is 17.5 Å². The molecule has 0 bridgehead atoms. The van der Waals surface area contributed by atoms with Gasteiger partial charge in [0.25, 0.3) is 5.91 Å². The van der Waals surface area contributed by atoms with Crippen LogP contribution in [0.2, 0.25) is 0 Å². The molecule has 1 aromatic heterocycles. The molecule has 2 heterocycles. The van der Waals surface area contributed by atoms with Crippen molar-refractivity contribution in [1.82, 2.24) is 25.6 Å². The molecule has 2 unspecified atom stereocenters. The first-order chi connectivity index (χ1) is 10.9. The van der Waals surface area contributed by atoms with Crippen LogP contribution in [-0.4, -0.2) is 40.0 Å². The molecule has 6 nitrogen and oxygen atoms in total. The zero-order valence-corrected chi connectivity index (χ0v) is 15.7. The minimum absolute atomic E-state index is 0. The van der Waals surface area contributed by atoms with Gasteiger partial charge in [-0.2, -0.15) is 0 Å². The normalized spacial score (nSPS) is 27.3. The molecule has 2 atom stereocenters. The van der Waals surface area contributed by atoms with Crippen LogP contribution >= 0.6 is 12.4 Å². The number of nitrogens with zero attached hydrogens (tertiary/aromatic N) is 3. The molecule has 0 radical (unpaired) electrons. The summed E-state index contributed by atoms with van der Waals surface area (Å²) in [4.78, 5) is 12.5. The maximum absolute atomic E-state index is 12.5. The van der Waals surface area contributed by atoms with Crippen molar-refractivity contribution in [2.45, 2.75) is 65.0 Å². The number of nitrogens with one attached hydrogen (secondary N) is 2. The summed E-state index contributed by atoms with van der Waals surface area (Å²) in [7, 11) is 0. The van der Waals surface area contributed by atoms with Gasteiger partial charge in [-0.05, 0) is 56.5 Å². The summed E-state index contributed by atoms with van der Waals surface area (Å²) in [6.45, 7) is 8.86. The number of piperidine rings is 1. The molecule has 1 saturated carbocycles. The fraction of sp³-hybridized carbons (Fsp3) is 0.824. The van der Waals surface area contributed by atoms with Gasteiger partial charge in [-0.3, -0.25) is 4.79 Å². The van der Waals surface area contributed by atoms with E-state index in [0.717, 1.165) is 45.2 Å². The lowest BCUT2D eigenvalue weighted by atomic mass is 9.70. The van der Waals surface area contributed by atoms with E-state index in [0.29, 0.717) is 23.1 Å². The Morgan fingerprint density at radius 2 is 2.04 bits per heavy atom. The molecule has 1 aliphatic carbocycles. The van der Waals surface area contributed by atoms with E-state index in [4.69, 9.17) is 0 Å². The Labute approximate surface area is 150 Å².